The van der Waals surface area contributed by atoms with Crippen LogP contribution in [0.1, 0.15) is 32.4 Å². The molecule has 0 unspecified atom stereocenters. The van der Waals surface area contributed by atoms with Crippen LogP contribution in [-0.2, 0) is 19.5 Å². The van der Waals surface area contributed by atoms with Gasteiger partial charge in [0, 0.05) is 41.8 Å². The summed E-state index contributed by atoms with van der Waals surface area (Å²) in [5.74, 6) is -0.144. The standard InChI is InChI=1S/C12H15N5OS/c1-7-6-19-10(15-7)5-14-12(18)11-8-4-13-3-2-9(8)16-17-11/h6,13H,2-5H2,1H3,(H,14,18)(H,16,17). The summed E-state index contributed by atoms with van der Waals surface area (Å²) in [6.07, 6.45) is 0.890. The smallest absolute Gasteiger partial charge is 0.272 e. The average molecular weight is 277 g/mol. The molecule has 2 aromatic rings. The number of H-pyrrole nitrogens is 1. The summed E-state index contributed by atoms with van der Waals surface area (Å²) in [5, 5.41) is 16.1. The topological polar surface area (TPSA) is 82.7 Å². The second-order valence-electron chi connectivity index (χ2n) is 4.52. The molecule has 0 saturated carbocycles. The van der Waals surface area contributed by atoms with E-state index >= 15 is 0 Å². The molecule has 3 rings (SSSR count). The lowest BCUT2D eigenvalue weighted by atomic mass is 10.1. The van der Waals surface area contributed by atoms with Crippen molar-refractivity contribution in [1.29, 1.82) is 0 Å². The Morgan fingerprint density at radius 3 is 3.26 bits per heavy atom. The number of aromatic nitrogens is 3. The number of carbonyl (C=O) groups excluding carboxylic acids is 1. The molecule has 0 fully saturated rings. The zero-order valence-corrected chi connectivity index (χ0v) is 11.4. The van der Waals surface area contributed by atoms with Crippen LogP contribution in [0.3, 0.4) is 0 Å². The minimum absolute atomic E-state index is 0.144. The van der Waals surface area contributed by atoms with E-state index in [0.717, 1.165) is 34.9 Å². The average Bonchev–Trinajstić information content (AvgIpc) is 3.02. The van der Waals surface area contributed by atoms with Crippen LogP contribution >= 0.6 is 11.3 Å². The highest BCUT2D eigenvalue weighted by molar-refractivity contribution is 7.09. The number of hydrogen-bond acceptors (Lipinski definition) is 5. The molecule has 0 radical (unpaired) electrons. The molecule has 0 spiro atoms. The van der Waals surface area contributed by atoms with Crippen LogP contribution in [0, 0.1) is 6.92 Å². The number of fused-ring (bicyclic) bond motifs is 1. The van der Waals surface area contributed by atoms with Crippen molar-refractivity contribution in [2.24, 2.45) is 0 Å². The molecule has 6 nitrogen and oxygen atoms in total. The predicted octanol–water partition coefficient (Wildman–Crippen LogP) is 0.750. The molecule has 7 heteroatoms. The van der Waals surface area contributed by atoms with Crippen LogP contribution in [0.2, 0.25) is 0 Å². The number of amides is 1. The Morgan fingerprint density at radius 1 is 1.58 bits per heavy atom. The van der Waals surface area contributed by atoms with Gasteiger partial charge in [-0.1, -0.05) is 0 Å². The van der Waals surface area contributed by atoms with Gasteiger partial charge in [0.1, 0.15) is 5.01 Å². The Morgan fingerprint density at radius 2 is 2.47 bits per heavy atom. The molecular weight excluding hydrogens is 262 g/mol. The van der Waals surface area contributed by atoms with Gasteiger partial charge in [0.25, 0.3) is 5.91 Å². The number of aryl methyl sites for hydroxylation is 1. The van der Waals surface area contributed by atoms with Gasteiger partial charge in [-0.05, 0) is 6.92 Å². The molecule has 0 atom stereocenters. The third-order valence-electron chi connectivity index (χ3n) is 3.09. The van der Waals surface area contributed by atoms with Gasteiger partial charge >= 0.3 is 0 Å². The lowest BCUT2D eigenvalue weighted by molar-refractivity contribution is 0.0944. The Labute approximate surface area is 114 Å². The molecule has 100 valence electrons. The van der Waals surface area contributed by atoms with E-state index in [1.165, 1.54) is 0 Å². The Kier molecular flexibility index (Phi) is 3.31. The van der Waals surface area contributed by atoms with E-state index in [1.54, 1.807) is 11.3 Å². The van der Waals surface area contributed by atoms with Crippen molar-refractivity contribution in [3.8, 4) is 0 Å². The summed E-state index contributed by atoms with van der Waals surface area (Å²) in [4.78, 5) is 16.4. The largest absolute Gasteiger partial charge is 0.344 e. The van der Waals surface area contributed by atoms with Gasteiger partial charge in [-0.3, -0.25) is 9.89 Å². The first-order valence-electron chi connectivity index (χ1n) is 6.20. The van der Waals surface area contributed by atoms with Crippen LogP contribution < -0.4 is 10.6 Å². The summed E-state index contributed by atoms with van der Waals surface area (Å²) in [6.45, 7) is 4.02. The van der Waals surface area contributed by atoms with Crippen molar-refractivity contribution in [2.45, 2.75) is 26.4 Å². The Hall–Kier alpha value is -1.73. The SMILES string of the molecule is Cc1csc(CNC(=O)c2n[nH]c3c2CNCC3)n1. The summed E-state index contributed by atoms with van der Waals surface area (Å²) in [5.41, 5.74) is 3.53. The van der Waals surface area contributed by atoms with E-state index in [0.29, 0.717) is 18.8 Å². The van der Waals surface area contributed by atoms with E-state index in [2.05, 4.69) is 25.8 Å². The second kappa shape index (κ2) is 5.10. The van der Waals surface area contributed by atoms with Crippen LogP contribution in [0.15, 0.2) is 5.38 Å². The highest BCUT2D eigenvalue weighted by Crippen LogP contribution is 2.15. The first-order chi connectivity index (χ1) is 9.24. The van der Waals surface area contributed by atoms with Crippen molar-refractivity contribution in [1.82, 2.24) is 25.8 Å². The summed E-state index contributed by atoms with van der Waals surface area (Å²) < 4.78 is 0. The molecule has 1 amide bonds. The first kappa shape index (κ1) is 12.3. The van der Waals surface area contributed by atoms with Crippen LogP contribution in [0.4, 0.5) is 0 Å². The fourth-order valence-electron chi connectivity index (χ4n) is 2.14. The van der Waals surface area contributed by atoms with Crippen molar-refractivity contribution >= 4 is 17.2 Å². The maximum absolute atomic E-state index is 12.1. The number of thiazole rings is 1. The van der Waals surface area contributed by atoms with E-state index in [-0.39, 0.29) is 5.91 Å². The number of nitrogens with one attached hydrogen (secondary N) is 3. The zero-order chi connectivity index (χ0) is 13.2. The molecule has 1 aliphatic heterocycles. The third-order valence-corrected chi connectivity index (χ3v) is 4.05. The molecule has 19 heavy (non-hydrogen) atoms. The fourth-order valence-corrected chi connectivity index (χ4v) is 2.85. The fraction of sp³-hybridized carbons (Fsp3) is 0.417. The molecule has 3 heterocycles. The molecule has 3 N–H and O–H groups in total. The highest BCUT2D eigenvalue weighted by atomic mass is 32.1. The van der Waals surface area contributed by atoms with E-state index < -0.39 is 0 Å². The Balaban J connectivity index is 1.69. The van der Waals surface area contributed by atoms with Crippen LogP contribution in [0.5, 0.6) is 0 Å². The van der Waals surface area contributed by atoms with Gasteiger partial charge in [-0.15, -0.1) is 11.3 Å². The normalized spacial score (nSPS) is 14.2. The zero-order valence-electron chi connectivity index (χ0n) is 10.6. The minimum atomic E-state index is -0.144. The van der Waals surface area contributed by atoms with Gasteiger partial charge in [-0.2, -0.15) is 5.10 Å². The molecule has 0 bridgehead atoms. The van der Waals surface area contributed by atoms with Crippen LogP contribution in [0.25, 0.3) is 0 Å². The van der Waals surface area contributed by atoms with E-state index in [4.69, 9.17) is 0 Å². The number of carbonyl (C=O) groups is 1. The lowest BCUT2D eigenvalue weighted by Gasteiger charge is -2.12. The second-order valence-corrected chi connectivity index (χ2v) is 5.46. The number of nitrogens with zero attached hydrogens (tertiary/aromatic N) is 2. The van der Waals surface area contributed by atoms with Gasteiger partial charge in [0.15, 0.2) is 5.69 Å². The summed E-state index contributed by atoms with van der Waals surface area (Å²) in [7, 11) is 0. The van der Waals surface area contributed by atoms with E-state index in [1.807, 2.05) is 12.3 Å². The maximum atomic E-state index is 12.1. The maximum Gasteiger partial charge on any atom is 0.272 e. The van der Waals surface area contributed by atoms with Crippen molar-refractivity contribution in [3.05, 3.63) is 33.0 Å². The molecule has 0 aromatic carbocycles. The van der Waals surface area contributed by atoms with Crippen molar-refractivity contribution in [3.63, 3.8) is 0 Å². The van der Waals surface area contributed by atoms with Crippen molar-refractivity contribution < 1.29 is 4.79 Å². The van der Waals surface area contributed by atoms with Gasteiger partial charge in [-0.25, -0.2) is 4.98 Å². The van der Waals surface area contributed by atoms with Gasteiger partial charge in [0.05, 0.1) is 6.54 Å². The third kappa shape index (κ3) is 2.52. The molecule has 1 aliphatic rings. The quantitative estimate of drug-likeness (QED) is 0.773. The summed E-state index contributed by atoms with van der Waals surface area (Å²) >= 11 is 1.55. The minimum Gasteiger partial charge on any atom is -0.344 e. The predicted molar refractivity (Wildman–Crippen MR) is 72.0 cm³/mol. The molecule has 2 aromatic heterocycles. The number of hydrogen-bond donors (Lipinski definition) is 3. The molecule has 0 saturated heterocycles. The number of aromatic amines is 1. The summed E-state index contributed by atoms with van der Waals surface area (Å²) in [6, 6.07) is 0. The lowest BCUT2D eigenvalue weighted by Crippen LogP contribution is -2.28. The number of rotatable bonds is 3. The Bertz CT molecular complexity index is 603. The molecular formula is C12H15N5OS. The van der Waals surface area contributed by atoms with Gasteiger partial charge < -0.3 is 10.6 Å². The monoisotopic (exact) mass is 277 g/mol. The van der Waals surface area contributed by atoms with Crippen LogP contribution in [-0.4, -0.2) is 27.6 Å². The van der Waals surface area contributed by atoms with Crippen molar-refractivity contribution in [2.75, 3.05) is 6.54 Å². The molecule has 0 aliphatic carbocycles. The van der Waals surface area contributed by atoms with Gasteiger partial charge in [0.2, 0.25) is 0 Å². The highest BCUT2D eigenvalue weighted by Gasteiger charge is 2.21. The van der Waals surface area contributed by atoms with E-state index in [9.17, 15) is 4.79 Å². The first-order valence-corrected chi connectivity index (χ1v) is 7.08.